The molecule has 0 saturated heterocycles. The van der Waals surface area contributed by atoms with E-state index in [-0.39, 0.29) is 6.61 Å². The third kappa shape index (κ3) is 1.58. The molecular formula is C9H10Cl2O. The van der Waals surface area contributed by atoms with E-state index in [2.05, 4.69) is 0 Å². The molecule has 3 heteroatoms. The van der Waals surface area contributed by atoms with Crippen LogP contribution in [-0.2, 0) is 6.61 Å². The van der Waals surface area contributed by atoms with Gasteiger partial charge in [-0.1, -0.05) is 23.2 Å². The largest absolute Gasteiger partial charge is 0.392 e. The smallest absolute Gasteiger partial charge is 0.0699 e. The summed E-state index contributed by atoms with van der Waals surface area (Å²) in [6.07, 6.45) is 0. The van der Waals surface area contributed by atoms with Crippen molar-refractivity contribution in [1.82, 2.24) is 0 Å². The highest BCUT2D eigenvalue weighted by atomic mass is 35.5. The fraction of sp³-hybridized carbons (Fsp3) is 0.333. The van der Waals surface area contributed by atoms with E-state index in [1.165, 1.54) is 0 Å². The van der Waals surface area contributed by atoms with Gasteiger partial charge in [-0.3, -0.25) is 0 Å². The van der Waals surface area contributed by atoms with Gasteiger partial charge in [-0.25, -0.2) is 0 Å². The maximum absolute atomic E-state index is 9.01. The van der Waals surface area contributed by atoms with Crippen molar-refractivity contribution >= 4 is 23.2 Å². The summed E-state index contributed by atoms with van der Waals surface area (Å²) in [4.78, 5) is 0. The number of hydrogen-bond acceptors (Lipinski definition) is 1. The molecule has 0 aliphatic heterocycles. The molecule has 0 radical (unpaired) electrons. The lowest BCUT2D eigenvalue weighted by atomic mass is 10.1. The molecule has 0 amide bonds. The second-order valence-corrected chi connectivity index (χ2v) is 3.54. The first-order valence-electron chi connectivity index (χ1n) is 3.63. The van der Waals surface area contributed by atoms with Crippen LogP contribution in [0.15, 0.2) is 6.07 Å². The van der Waals surface area contributed by atoms with Gasteiger partial charge in [0.05, 0.1) is 6.61 Å². The van der Waals surface area contributed by atoms with Gasteiger partial charge in [-0.15, -0.1) is 0 Å². The number of halogens is 2. The van der Waals surface area contributed by atoms with Gasteiger partial charge >= 0.3 is 0 Å². The molecule has 0 fully saturated rings. The van der Waals surface area contributed by atoms with Crippen LogP contribution in [0.5, 0.6) is 0 Å². The minimum absolute atomic E-state index is 0.0634. The minimum atomic E-state index is -0.0634. The Labute approximate surface area is 81.9 Å². The second-order valence-electron chi connectivity index (χ2n) is 2.75. The van der Waals surface area contributed by atoms with Crippen LogP contribution in [0.1, 0.15) is 16.7 Å². The summed E-state index contributed by atoms with van der Waals surface area (Å²) in [5.74, 6) is 0. The monoisotopic (exact) mass is 204 g/mol. The van der Waals surface area contributed by atoms with Gasteiger partial charge in [0.15, 0.2) is 0 Å². The predicted octanol–water partition coefficient (Wildman–Crippen LogP) is 3.10. The van der Waals surface area contributed by atoms with Gasteiger partial charge < -0.3 is 5.11 Å². The molecule has 1 nitrogen and oxygen atoms in total. The van der Waals surface area contributed by atoms with E-state index in [0.29, 0.717) is 10.0 Å². The summed E-state index contributed by atoms with van der Waals surface area (Å²) in [6, 6.07) is 1.80. The summed E-state index contributed by atoms with van der Waals surface area (Å²) in [6.45, 7) is 3.65. The molecule has 1 aromatic carbocycles. The van der Waals surface area contributed by atoms with Crippen LogP contribution >= 0.6 is 23.2 Å². The number of hydrogen-bond donors (Lipinski definition) is 1. The fourth-order valence-electron chi connectivity index (χ4n) is 1.10. The van der Waals surface area contributed by atoms with Crippen molar-refractivity contribution in [3.05, 3.63) is 32.8 Å². The number of rotatable bonds is 1. The van der Waals surface area contributed by atoms with E-state index < -0.39 is 0 Å². The minimum Gasteiger partial charge on any atom is -0.392 e. The Bertz CT molecular complexity index is 282. The molecule has 1 N–H and O–H groups in total. The molecule has 0 aliphatic carbocycles. The van der Waals surface area contributed by atoms with Gasteiger partial charge in [0.2, 0.25) is 0 Å². The molecule has 0 aliphatic rings. The molecule has 0 heterocycles. The normalized spacial score (nSPS) is 10.4. The average molecular weight is 205 g/mol. The summed E-state index contributed by atoms with van der Waals surface area (Å²) in [7, 11) is 0. The van der Waals surface area contributed by atoms with Crippen molar-refractivity contribution in [2.75, 3.05) is 0 Å². The van der Waals surface area contributed by atoms with E-state index in [1.807, 2.05) is 13.8 Å². The second kappa shape index (κ2) is 3.65. The van der Waals surface area contributed by atoms with Crippen LogP contribution in [-0.4, -0.2) is 5.11 Å². The van der Waals surface area contributed by atoms with Gasteiger partial charge in [-0.05, 0) is 31.0 Å². The zero-order valence-electron chi connectivity index (χ0n) is 6.99. The molecule has 0 bridgehead atoms. The van der Waals surface area contributed by atoms with Crippen molar-refractivity contribution in [3.63, 3.8) is 0 Å². The van der Waals surface area contributed by atoms with Crippen molar-refractivity contribution in [2.45, 2.75) is 20.5 Å². The van der Waals surface area contributed by atoms with Crippen LogP contribution in [0, 0.1) is 13.8 Å². The average Bonchev–Trinajstić information content (AvgIpc) is 2.02. The Hall–Kier alpha value is -0.240. The van der Waals surface area contributed by atoms with Gasteiger partial charge in [0.1, 0.15) is 0 Å². The highest BCUT2D eigenvalue weighted by Gasteiger charge is 2.09. The molecule has 1 aromatic rings. The van der Waals surface area contributed by atoms with Gasteiger partial charge in [-0.2, -0.15) is 0 Å². The van der Waals surface area contributed by atoms with E-state index in [9.17, 15) is 0 Å². The zero-order valence-corrected chi connectivity index (χ0v) is 8.50. The van der Waals surface area contributed by atoms with Crippen molar-refractivity contribution in [1.29, 1.82) is 0 Å². The van der Waals surface area contributed by atoms with Crippen molar-refractivity contribution in [3.8, 4) is 0 Å². The highest BCUT2D eigenvalue weighted by molar-refractivity contribution is 6.34. The number of benzene rings is 1. The molecule has 0 unspecified atom stereocenters. The van der Waals surface area contributed by atoms with E-state index >= 15 is 0 Å². The Morgan fingerprint density at radius 1 is 1.33 bits per heavy atom. The highest BCUT2D eigenvalue weighted by Crippen LogP contribution is 2.29. The first-order valence-corrected chi connectivity index (χ1v) is 4.38. The molecule has 0 spiro atoms. The summed E-state index contributed by atoms with van der Waals surface area (Å²) < 4.78 is 0. The maximum Gasteiger partial charge on any atom is 0.0699 e. The standard InChI is InChI=1S/C9H10Cl2O/c1-5-3-8(10)6(2)7(4-12)9(5)11/h3,12H,4H2,1-2H3. The lowest BCUT2D eigenvalue weighted by Crippen LogP contribution is -1.93. The van der Waals surface area contributed by atoms with Crippen LogP contribution in [0.3, 0.4) is 0 Å². The Balaban J connectivity index is 3.42. The van der Waals surface area contributed by atoms with Crippen LogP contribution in [0.2, 0.25) is 10.0 Å². The lowest BCUT2D eigenvalue weighted by Gasteiger charge is -2.09. The van der Waals surface area contributed by atoms with Crippen LogP contribution in [0.25, 0.3) is 0 Å². The number of aliphatic hydroxyl groups is 1. The molecule has 1 rings (SSSR count). The zero-order chi connectivity index (χ0) is 9.30. The predicted molar refractivity (Wildman–Crippen MR) is 51.9 cm³/mol. The molecule has 0 atom stereocenters. The van der Waals surface area contributed by atoms with E-state index in [4.69, 9.17) is 28.3 Å². The Morgan fingerprint density at radius 3 is 2.42 bits per heavy atom. The lowest BCUT2D eigenvalue weighted by molar-refractivity contribution is 0.281. The summed E-state index contributed by atoms with van der Waals surface area (Å²) in [5.41, 5.74) is 2.48. The Morgan fingerprint density at radius 2 is 1.92 bits per heavy atom. The third-order valence-electron chi connectivity index (χ3n) is 1.92. The third-order valence-corrected chi connectivity index (χ3v) is 2.84. The topological polar surface area (TPSA) is 20.2 Å². The van der Waals surface area contributed by atoms with E-state index in [0.717, 1.165) is 16.7 Å². The molecule has 0 saturated carbocycles. The number of aliphatic hydroxyl groups excluding tert-OH is 1. The first-order chi connectivity index (χ1) is 5.57. The molecular weight excluding hydrogens is 195 g/mol. The molecule has 66 valence electrons. The Kier molecular flexibility index (Phi) is 2.99. The van der Waals surface area contributed by atoms with E-state index in [1.54, 1.807) is 6.07 Å². The molecule has 0 aromatic heterocycles. The van der Waals surface area contributed by atoms with Crippen LogP contribution < -0.4 is 0 Å². The SMILES string of the molecule is Cc1cc(Cl)c(C)c(CO)c1Cl. The van der Waals surface area contributed by atoms with Gasteiger partial charge in [0, 0.05) is 15.6 Å². The fourth-order valence-corrected chi connectivity index (χ4v) is 1.63. The van der Waals surface area contributed by atoms with Crippen LogP contribution in [0.4, 0.5) is 0 Å². The first kappa shape index (κ1) is 9.85. The molecule has 12 heavy (non-hydrogen) atoms. The van der Waals surface area contributed by atoms with Gasteiger partial charge in [0.25, 0.3) is 0 Å². The van der Waals surface area contributed by atoms with Crippen molar-refractivity contribution in [2.24, 2.45) is 0 Å². The summed E-state index contributed by atoms with van der Waals surface area (Å²) >= 11 is 11.9. The maximum atomic E-state index is 9.01. The quantitative estimate of drug-likeness (QED) is 0.746. The number of aryl methyl sites for hydroxylation is 1. The van der Waals surface area contributed by atoms with Crippen molar-refractivity contribution < 1.29 is 5.11 Å². The summed E-state index contributed by atoms with van der Waals surface area (Å²) in [5, 5.41) is 10.3.